The Labute approximate surface area is 127 Å². The molecule has 0 N–H and O–H groups in total. The van der Waals surface area contributed by atoms with E-state index in [1.54, 1.807) is 12.1 Å². The molecule has 2 aromatic carbocycles. The molecule has 0 bridgehead atoms. The Morgan fingerprint density at radius 2 is 1.81 bits per heavy atom. The zero-order chi connectivity index (χ0) is 14.8. The summed E-state index contributed by atoms with van der Waals surface area (Å²) in [5.74, 6) is -0.135. The molecule has 0 aliphatic carbocycles. The monoisotopic (exact) mass is 297 g/mol. The Kier molecular flexibility index (Phi) is 3.59. The van der Waals surface area contributed by atoms with Crippen LogP contribution in [0.15, 0.2) is 59.2 Å². The minimum atomic E-state index is -0.465. The summed E-state index contributed by atoms with van der Waals surface area (Å²) in [6.45, 7) is 1.95. The number of aryl methyl sites for hydroxylation is 1. The lowest BCUT2D eigenvalue weighted by atomic mass is 10.1. The number of carbonyl (C=O) groups is 1. The van der Waals surface area contributed by atoms with Gasteiger partial charge >= 0.3 is 5.97 Å². The lowest BCUT2D eigenvalue weighted by Gasteiger charge is -2.02. The van der Waals surface area contributed by atoms with E-state index < -0.39 is 5.97 Å². The van der Waals surface area contributed by atoms with Crippen molar-refractivity contribution in [2.75, 3.05) is 0 Å². The normalized spacial score (nSPS) is 16.0. The van der Waals surface area contributed by atoms with Crippen molar-refractivity contribution in [3.63, 3.8) is 0 Å². The molecule has 0 unspecified atom stereocenters. The van der Waals surface area contributed by atoms with Gasteiger partial charge in [0.15, 0.2) is 5.70 Å². The van der Waals surface area contributed by atoms with Gasteiger partial charge in [0.05, 0.1) is 0 Å². The van der Waals surface area contributed by atoms with Gasteiger partial charge in [0.1, 0.15) is 0 Å². The van der Waals surface area contributed by atoms with Gasteiger partial charge in [-0.25, -0.2) is 9.79 Å². The molecule has 0 aromatic heterocycles. The van der Waals surface area contributed by atoms with Gasteiger partial charge < -0.3 is 4.74 Å². The summed E-state index contributed by atoms with van der Waals surface area (Å²) < 4.78 is 5.25. The molecule has 0 atom stereocenters. The summed E-state index contributed by atoms with van der Waals surface area (Å²) in [7, 11) is 0. The van der Waals surface area contributed by atoms with E-state index in [2.05, 4.69) is 4.99 Å². The molecule has 0 fully saturated rings. The largest absolute Gasteiger partial charge is 0.402 e. The lowest BCUT2D eigenvalue weighted by Crippen LogP contribution is -2.06. The summed E-state index contributed by atoms with van der Waals surface area (Å²) >= 11 is 6.08. The van der Waals surface area contributed by atoms with Crippen LogP contribution < -0.4 is 0 Å². The molecule has 0 amide bonds. The van der Waals surface area contributed by atoms with E-state index in [-0.39, 0.29) is 5.70 Å². The number of rotatable bonds is 2. The van der Waals surface area contributed by atoms with Crippen LogP contribution in [0.3, 0.4) is 0 Å². The smallest absolute Gasteiger partial charge is 0.363 e. The first-order valence-electron chi connectivity index (χ1n) is 6.48. The van der Waals surface area contributed by atoms with E-state index in [4.69, 9.17) is 16.3 Å². The molecule has 0 spiro atoms. The number of benzene rings is 2. The van der Waals surface area contributed by atoms with Gasteiger partial charge in [0.25, 0.3) is 0 Å². The molecule has 0 saturated heterocycles. The van der Waals surface area contributed by atoms with Gasteiger partial charge in [-0.1, -0.05) is 48.0 Å². The summed E-state index contributed by atoms with van der Waals surface area (Å²) in [4.78, 5) is 16.2. The Balaban J connectivity index is 2.00. The highest BCUT2D eigenvalue weighted by Crippen LogP contribution is 2.23. The fraction of sp³-hybridized carbons (Fsp3) is 0.0588. The first-order valence-corrected chi connectivity index (χ1v) is 6.86. The maximum absolute atomic E-state index is 11.9. The van der Waals surface area contributed by atoms with Gasteiger partial charge in [0.2, 0.25) is 5.90 Å². The van der Waals surface area contributed by atoms with E-state index in [0.717, 1.165) is 16.7 Å². The van der Waals surface area contributed by atoms with Gasteiger partial charge in [-0.2, -0.15) is 0 Å². The zero-order valence-electron chi connectivity index (χ0n) is 11.3. The second kappa shape index (κ2) is 5.54. The second-order valence-electron chi connectivity index (χ2n) is 4.67. The number of aliphatic imine (C=N–C) groups is 1. The molecule has 4 heteroatoms. The summed E-state index contributed by atoms with van der Waals surface area (Å²) in [6.07, 6.45) is 1.63. The third kappa shape index (κ3) is 2.73. The van der Waals surface area contributed by atoms with Crippen LogP contribution in [0.5, 0.6) is 0 Å². The Hall–Kier alpha value is -2.39. The van der Waals surface area contributed by atoms with Gasteiger partial charge in [-0.05, 0) is 36.3 Å². The average Bonchev–Trinajstić information content (AvgIpc) is 2.83. The van der Waals surface area contributed by atoms with Crippen molar-refractivity contribution < 1.29 is 9.53 Å². The van der Waals surface area contributed by atoms with Crippen LogP contribution in [0.1, 0.15) is 16.7 Å². The molecule has 0 radical (unpaired) electrons. The van der Waals surface area contributed by atoms with Crippen LogP contribution in [-0.2, 0) is 9.53 Å². The van der Waals surface area contributed by atoms with E-state index in [1.807, 2.05) is 49.4 Å². The van der Waals surface area contributed by atoms with Crippen LogP contribution in [-0.4, -0.2) is 11.9 Å². The molecule has 104 valence electrons. The van der Waals surface area contributed by atoms with Crippen molar-refractivity contribution in [2.24, 2.45) is 4.99 Å². The van der Waals surface area contributed by atoms with Crippen LogP contribution in [0.2, 0.25) is 5.02 Å². The summed E-state index contributed by atoms with van der Waals surface area (Å²) in [5.41, 5.74) is 2.80. The van der Waals surface area contributed by atoms with E-state index in [9.17, 15) is 4.79 Å². The van der Waals surface area contributed by atoms with Gasteiger partial charge in [-0.3, -0.25) is 0 Å². The molecule has 1 heterocycles. The van der Waals surface area contributed by atoms with E-state index in [1.165, 1.54) is 0 Å². The molecule has 1 aliphatic heterocycles. The second-order valence-corrected chi connectivity index (χ2v) is 5.08. The minimum Gasteiger partial charge on any atom is -0.402 e. The van der Waals surface area contributed by atoms with Crippen molar-refractivity contribution in [1.29, 1.82) is 0 Å². The zero-order valence-corrected chi connectivity index (χ0v) is 12.1. The maximum Gasteiger partial charge on any atom is 0.363 e. The van der Waals surface area contributed by atoms with Crippen molar-refractivity contribution in [1.82, 2.24) is 0 Å². The van der Waals surface area contributed by atoms with Gasteiger partial charge in [-0.15, -0.1) is 0 Å². The Bertz CT molecular complexity index is 778. The van der Waals surface area contributed by atoms with Crippen molar-refractivity contribution in [3.8, 4) is 0 Å². The fourth-order valence-corrected chi connectivity index (χ4v) is 2.27. The quantitative estimate of drug-likeness (QED) is 0.621. The average molecular weight is 298 g/mol. The SMILES string of the molecule is Cc1ccccc1C1=NC(=Cc2ccccc2Cl)C(=O)O1. The molecule has 2 aromatic rings. The molecule has 0 saturated carbocycles. The van der Waals surface area contributed by atoms with Crippen LogP contribution in [0.25, 0.3) is 6.08 Å². The van der Waals surface area contributed by atoms with Crippen LogP contribution in [0.4, 0.5) is 0 Å². The Morgan fingerprint density at radius 1 is 1.10 bits per heavy atom. The first-order chi connectivity index (χ1) is 10.1. The number of hydrogen-bond donors (Lipinski definition) is 0. The molecule has 1 aliphatic rings. The lowest BCUT2D eigenvalue weighted by molar-refractivity contribution is -0.129. The highest BCUT2D eigenvalue weighted by atomic mass is 35.5. The number of cyclic esters (lactones) is 1. The van der Waals surface area contributed by atoms with E-state index in [0.29, 0.717) is 10.9 Å². The number of esters is 1. The first kappa shape index (κ1) is 13.6. The van der Waals surface area contributed by atoms with Crippen LogP contribution >= 0.6 is 11.6 Å². The molecular weight excluding hydrogens is 286 g/mol. The van der Waals surface area contributed by atoms with E-state index >= 15 is 0 Å². The van der Waals surface area contributed by atoms with Crippen LogP contribution in [0, 0.1) is 6.92 Å². The predicted octanol–water partition coefficient (Wildman–Crippen LogP) is 3.99. The topological polar surface area (TPSA) is 38.7 Å². The molecule has 3 nitrogen and oxygen atoms in total. The molecule has 21 heavy (non-hydrogen) atoms. The predicted molar refractivity (Wildman–Crippen MR) is 83.2 cm³/mol. The highest BCUT2D eigenvalue weighted by Gasteiger charge is 2.25. The molecular formula is C17H12ClNO2. The standard InChI is InChI=1S/C17H12ClNO2/c1-11-6-2-4-8-13(11)16-19-15(17(20)21-16)10-12-7-3-5-9-14(12)18/h2-10H,1H3. The van der Waals surface area contributed by atoms with Crippen molar-refractivity contribution in [2.45, 2.75) is 6.92 Å². The number of carbonyl (C=O) groups excluding carboxylic acids is 1. The third-order valence-corrected chi connectivity index (χ3v) is 3.54. The number of ether oxygens (including phenoxy) is 1. The summed E-state index contributed by atoms with van der Waals surface area (Å²) in [6, 6.07) is 14.9. The number of hydrogen-bond acceptors (Lipinski definition) is 3. The Morgan fingerprint density at radius 3 is 2.57 bits per heavy atom. The minimum absolute atomic E-state index is 0.251. The number of nitrogens with zero attached hydrogens (tertiary/aromatic N) is 1. The molecule has 3 rings (SSSR count). The summed E-state index contributed by atoms with van der Waals surface area (Å²) in [5, 5.41) is 0.567. The number of halogens is 1. The fourth-order valence-electron chi connectivity index (χ4n) is 2.08. The third-order valence-electron chi connectivity index (χ3n) is 3.19. The van der Waals surface area contributed by atoms with Crippen molar-refractivity contribution in [3.05, 3.63) is 75.9 Å². The highest BCUT2D eigenvalue weighted by molar-refractivity contribution is 6.32. The maximum atomic E-state index is 11.9. The van der Waals surface area contributed by atoms with Crippen molar-refractivity contribution >= 4 is 29.5 Å². The van der Waals surface area contributed by atoms with Gasteiger partial charge in [0, 0.05) is 10.6 Å².